The van der Waals surface area contributed by atoms with Crippen molar-refractivity contribution < 1.29 is 4.74 Å². The lowest BCUT2D eigenvalue weighted by molar-refractivity contribution is 0.195. The quantitative estimate of drug-likeness (QED) is 0.902. The summed E-state index contributed by atoms with van der Waals surface area (Å²) in [4.78, 5) is 0. The van der Waals surface area contributed by atoms with E-state index < -0.39 is 0 Å². The van der Waals surface area contributed by atoms with Crippen LogP contribution in [-0.4, -0.2) is 12.1 Å². The molecule has 0 amide bonds. The van der Waals surface area contributed by atoms with Crippen LogP contribution in [0, 0.1) is 5.41 Å². The molecule has 1 aliphatic carbocycles. The average Bonchev–Trinajstić information content (AvgIpc) is 2.92. The van der Waals surface area contributed by atoms with Crippen LogP contribution in [0.1, 0.15) is 50.7 Å². The molecule has 0 saturated heterocycles. The third kappa shape index (κ3) is 2.27. The smallest absolute Gasteiger partial charge is 0.122 e. The van der Waals surface area contributed by atoms with Gasteiger partial charge < -0.3 is 10.5 Å². The summed E-state index contributed by atoms with van der Waals surface area (Å²) in [6.07, 6.45) is 6.96. The summed E-state index contributed by atoms with van der Waals surface area (Å²) in [6.45, 7) is 5.50. The molecule has 1 fully saturated rings. The van der Waals surface area contributed by atoms with Crippen molar-refractivity contribution in [3.05, 3.63) is 29.3 Å². The third-order valence-electron chi connectivity index (χ3n) is 5.39. The normalized spacial score (nSPS) is 28.2. The Balaban J connectivity index is 1.69. The molecule has 104 valence electrons. The Bertz CT molecular complexity index is 480. The number of rotatable bonds is 3. The van der Waals surface area contributed by atoms with Gasteiger partial charge in [0.15, 0.2) is 0 Å². The maximum absolute atomic E-state index is 6.67. The number of fused-ring (bicyclic) bond motifs is 1. The van der Waals surface area contributed by atoms with Crippen LogP contribution in [0.5, 0.6) is 5.75 Å². The molecular weight excluding hydrogens is 234 g/mol. The van der Waals surface area contributed by atoms with Gasteiger partial charge in [-0.15, -0.1) is 0 Å². The van der Waals surface area contributed by atoms with Crippen molar-refractivity contribution in [2.24, 2.45) is 11.1 Å². The molecule has 3 rings (SSSR count). The van der Waals surface area contributed by atoms with Crippen molar-refractivity contribution in [1.82, 2.24) is 0 Å². The van der Waals surface area contributed by atoms with Gasteiger partial charge in [-0.2, -0.15) is 0 Å². The molecule has 19 heavy (non-hydrogen) atoms. The van der Waals surface area contributed by atoms with Gasteiger partial charge in [0.05, 0.1) is 6.61 Å². The fourth-order valence-corrected chi connectivity index (χ4v) is 3.66. The molecule has 1 aromatic carbocycles. The minimum Gasteiger partial charge on any atom is -0.493 e. The Kier molecular flexibility index (Phi) is 3.09. The van der Waals surface area contributed by atoms with Gasteiger partial charge in [-0.25, -0.2) is 0 Å². The highest BCUT2D eigenvalue weighted by atomic mass is 16.5. The molecule has 2 N–H and O–H groups in total. The largest absolute Gasteiger partial charge is 0.493 e. The van der Waals surface area contributed by atoms with E-state index in [0.29, 0.717) is 0 Å². The Morgan fingerprint density at radius 1 is 1.26 bits per heavy atom. The van der Waals surface area contributed by atoms with E-state index in [9.17, 15) is 0 Å². The molecule has 2 heteroatoms. The third-order valence-corrected chi connectivity index (χ3v) is 5.39. The van der Waals surface area contributed by atoms with Gasteiger partial charge in [-0.1, -0.05) is 32.4 Å². The van der Waals surface area contributed by atoms with Crippen LogP contribution in [0.3, 0.4) is 0 Å². The zero-order valence-electron chi connectivity index (χ0n) is 12.2. The number of ether oxygens (including phenoxy) is 1. The standard InChI is InChI=1S/C17H25NO/c1-16(2)8-3-9-17(16,18)10-6-13-4-5-15-14(12-13)7-11-19-15/h4-5,12H,3,6-11,18H2,1-2H3. The van der Waals surface area contributed by atoms with E-state index in [1.165, 1.54) is 30.4 Å². The lowest BCUT2D eigenvalue weighted by atomic mass is 9.72. The zero-order chi connectivity index (χ0) is 13.5. The number of aryl methyl sites for hydroxylation is 1. The van der Waals surface area contributed by atoms with Crippen LogP contribution in [0.4, 0.5) is 0 Å². The van der Waals surface area contributed by atoms with E-state index in [1.807, 2.05) is 0 Å². The first-order chi connectivity index (χ1) is 9.00. The van der Waals surface area contributed by atoms with E-state index >= 15 is 0 Å². The fourth-order valence-electron chi connectivity index (χ4n) is 3.66. The first-order valence-corrected chi connectivity index (χ1v) is 7.54. The van der Waals surface area contributed by atoms with E-state index in [4.69, 9.17) is 10.5 Å². The molecule has 2 nitrogen and oxygen atoms in total. The summed E-state index contributed by atoms with van der Waals surface area (Å²) in [6, 6.07) is 6.64. The molecular formula is C17H25NO. The minimum absolute atomic E-state index is 0.0164. The van der Waals surface area contributed by atoms with Crippen LogP contribution >= 0.6 is 0 Å². The van der Waals surface area contributed by atoms with Crippen molar-refractivity contribution in [3.63, 3.8) is 0 Å². The molecule has 2 aliphatic rings. The predicted molar refractivity (Wildman–Crippen MR) is 78.5 cm³/mol. The van der Waals surface area contributed by atoms with Gasteiger partial charge >= 0.3 is 0 Å². The maximum Gasteiger partial charge on any atom is 0.122 e. The second-order valence-electron chi connectivity index (χ2n) is 6.93. The van der Waals surface area contributed by atoms with Crippen LogP contribution in [0.25, 0.3) is 0 Å². The van der Waals surface area contributed by atoms with Gasteiger partial charge in [0, 0.05) is 12.0 Å². The molecule has 0 bridgehead atoms. The van der Waals surface area contributed by atoms with E-state index in [1.54, 1.807) is 0 Å². The van der Waals surface area contributed by atoms with Crippen LogP contribution in [0.15, 0.2) is 18.2 Å². The SMILES string of the molecule is CC1(C)CCCC1(N)CCc1ccc2c(c1)CCO2. The summed E-state index contributed by atoms with van der Waals surface area (Å²) in [5.41, 5.74) is 9.76. The summed E-state index contributed by atoms with van der Waals surface area (Å²) in [5.74, 6) is 1.08. The monoisotopic (exact) mass is 259 g/mol. The topological polar surface area (TPSA) is 35.2 Å². The van der Waals surface area contributed by atoms with E-state index in [0.717, 1.165) is 31.6 Å². The average molecular weight is 259 g/mol. The molecule has 1 heterocycles. The number of hydrogen-bond donors (Lipinski definition) is 1. The van der Waals surface area contributed by atoms with Gasteiger partial charge in [-0.3, -0.25) is 0 Å². The van der Waals surface area contributed by atoms with Crippen LogP contribution < -0.4 is 10.5 Å². The molecule has 0 radical (unpaired) electrons. The molecule has 1 aliphatic heterocycles. The highest BCUT2D eigenvalue weighted by molar-refractivity contribution is 5.39. The Morgan fingerprint density at radius 3 is 2.84 bits per heavy atom. The molecule has 0 aromatic heterocycles. The Morgan fingerprint density at radius 2 is 2.11 bits per heavy atom. The lowest BCUT2D eigenvalue weighted by Gasteiger charge is -2.38. The van der Waals surface area contributed by atoms with Crippen molar-refractivity contribution in [2.75, 3.05) is 6.61 Å². The Hall–Kier alpha value is -1.02. The molecule has 0 spiro atoms. The fraction of sp³-hybridized carbons (Fsp3) is 0.647. The van der Waals surface area contributed by atoms with Gasteiger partial charge in [0.25, 0.3) is 0 Å². The van der Waals surface area contributed by atoms with Gasteiger partial charge in [0.2, 0.25) is 0 Å². The molecule has 1 saturated carbocycles. The summed E-state index contributed by atoms with van der Waals surface area (Å²) in [5, 5.41) is 0. The highest BCUT2D eigenvalue weighted by Gasteiger charge is 2.44. The first kappa shape index (κ1) is 13.0. The van der Waals surface area contributed by atoms with Crippen molar-refractivity contribution in [3.8, 4) is 5.75 Å². The first-order valence-electron chi connectivity index (χ1n) is 7.54. The molecule has 1 aromatic rings. The van der Waals surface area contributed by atoms with E-state index in [-0.39, 0.29) is 11.0 Å². The van der Waals surface area contributed by atoms with Crippen molar-refractivity contribution in [1.29, 1.82) is 0 Å². The van der Waals surface area contributed by atoms with Crippen LogP contribution in [0.2, 0.25) is 0 Å². The summed E-state index contributed by atoms with van der Waals surface area (Å²) >= 11 is 0. The summed E-state index contributed by atoms with van der Waals surface area (Å²) in [7, 11) is 0. The number of nitrogens with two attached hydrogens (primary N) is 1. The maximum atomic E-state index is 6.67. The number of hydrogen-bond acceptors (Lipinski definition) is 2. The van der Waals surface area contributed by atoms with Gasteiger partial charge in [0.1, 0.15) is 5.75 Å². The second kappa shape index (κ2) is 4.52. The zero-order valence-corrected chi connectivity index (χ0v) is 12.2. The number of benzene rings is 1. The van der Waals surface area contributed by atoms with Crippen molar-refractivity contribution in [2.45, 2.75) is 57.9 Å². The molecule has 1 atom stereocenters. The lowest BCUT2D eigenvalue weighted by Crippen LogP contribution is -2.49. The van der Waals surface area contributed by atoms with Crippen molar-refractivity contribution >= 4 is 0 Å². The summed E-state index contributed by atoms with van der Waals surface area (Å²) < 4.78 is 5.56. The second-order valence-corrected chi connectivity index (χ2v) is 6.93. The van der Waals surface area contributed by atoms with Gasteiger partial charge in [-0.05, 0) is 48.3 Å². The molecule has 1 unspecified atom stereocenters. The highest BCUT2D eigenvalue weighted by Crippen LogP contribution is 2.46. The Labute approximate surface area is 116 Å². The van der Waals surface area contributed by atoms with Crippen LogP contribution in [-0.2, 0) is 12.8 Å². The van der Waals surface area contributed by atoms with E-state index in [2.05, 4.69) is 32.0 Å². The minimum atomic E-state index is 0.0164. The predicted octanol–water partition coefficient (Wildman–Crippen LogP) is 3.46.